The summed E-state index contributed by atoms with van der Waals surface area (Å²) < 4.78 is 5.05. The predicted molar refractivity (Wildman–Crippen MR) is 67.8 cm³/mol. The Bertz CT molecular complexity index is 700. The molecule has 1 aromatic carbocycles. The van der Waals surface area contributed by atoms with Crippen LogP contribution in [0.5, 0.6) is 0 Å². The summed E-state index contributed by atoms with van der Waals surface area (Å²) in [7, 11) is 0. The van der Waals surface area contributed by atoms with Gasteiger partial charge in [0.1, 0.15) is 0 Å². The third kappa shape index (κ3) is 1.53. The van der Waals surface area contributed by atoms with Crippen LogP contribution in [0.3, 0.4) is 0 Å². The van der Waals surface area contributed by atoms with Crippen molar-refractivity contribution in [2.24, 2.45) is 0 Å². The average Bonchev–Trinajstić information content (AvgIpc) is 2.67. The van der Waals surface area contributed by atoms with E-state index in [1.807, 2.05) is 12.1 Å². The van der Waals surface area contributed by atoms with Crippen molar-refractivity contribution in [3.63, 3.8) is 0 Å². The van der Waals surface area contributed by atoms with E-state index in [0.29, 0.717) is 17.4 Å². The first-order valence-electron chi connectivity index (χ1n) is 5.60. The van der Waals surface area contributed by atoms with Gasteiger partial charge in [-0.25, -0.2) is 4.98 Å². The first-order chi connectivity index (χ1) is 8.15. The summed E-state index contributed by atoms with van der Waals surface area (Å²) in [6, 6.07) is 8.21. The van der Waals surface area contributed by atoms with Gasteiger partial charge in [0.05, 0.1) is 10.9 Å². The topological polar surface area (TPSA) is 64.9 Å². The first kappa shape index (κ1) is 10.1. The van der Waals surface area contributed by atoms with E-state index in [4.69, 9.17) is 10.3 Å². The van der Waals surface area contributed by atoms with Gasteiger partial charge in [0.25, 0.3) is 5.71 Å². The monoisotopic (exact) mass is 227 g/mol. The highest BCUT2D eigenvalue weighted by Crippen LogP contribution is 2.26. The quantitative estimate of drug-likeness (QED) is 0.693. The number of hydrogen-bond acceptors (Lipinski definition) is 4. The molecule has 3 aromatic rings. The largest absolute Gasteiger partial charge is 0.380 e. The van der Waals surface area contributed by atoms with Gasteiger partial charge in [0, 0.05) is 5.39 Å². The summed E-state index contributed by atoms with van der Waals surface area (Å²) in [6.45, 7) is 4.34. The van der Waals surface area contributed by atoms with Gasteiger partial charge in [0.2, 0.25) is 0 Å². The average molecular weight is 227 g/mol. The lowest BCUT2D eigenvalue weighted by molar-refractivity contribution is 0.453. The minimum absolute atomic E-state index is 0.393. The highest BCUT2D eigenvalue weighted by Gasteiger charge is 2.09. The van der Waals surface area contributed by atoms with Gasteiger partial charge >= 0.3 is 0 Å². The molecule has 0 saturated heterocycles. The molecule has 3 rings (SSSR count). The zero-order valence-corrected chi connectivity index (χ0v) is 9.77. The van der Waals surface area contributed by atoms with Gasteiger partial charge in [-0.1, -0.05) is 25.1 Å². The molecule has 0 unspecified atom stereocenters. The second kappa shape index (κ2) is 3.45. The summed E-state index contributed by atoms with van der Waals surface area (Å²) in [4.78, 5) is 4.39. The summed E-state index contributed by atoms with van der Waals surface area (Å²) in [5.41, 5.74) is 8.40. The van der Waals surface area contributed by atoms with E-state index >= 15 is 0 Å². The van der Waals surface area contributed by atoms with Crippen LogP contribution < -0.4 is 5.73 Å². The molecule has 0 saturated carbocycles. The molecule has 0 spiro atoms. The fraction of sp³-hybridized carbons (Fsp3) is 0.231. The van der Waals surface area contributed by atoms with Crippen molar-refractivity contribution in [2.75, 3.05) is 5.73 Å². The summed E-state index contributed by atoms with van der Waals surface area (Å²) >= 11 is 0. The van der Waals surface area contributed by atoms with Crippen LogP contribution in [0.15, 0.2) is 28.8 Å². The number of nitrogen functional groups attached to an aromatic ring is 1. The standard InChI is InChI=1S/C13H13N3O/c1-7(2)8-3-4-11-9(5-8)6-10-12(14)16-17-13(10)15-11/h3-7H,1-2H3,(H2,14,16). The van der Waals surface area contributed by atoms with Crippen molar-refractivity contribution in [2.45, 2.75) is 19.8 Å². The minimum Gasteiger partial charge on any atom is -0.380 e. The maximum Gasteiger partial charge on any atom is 0.260 e. The number of fused-ring (bicyclic) bond motifs is 2. The molecular formula is C13H13N3O. The number of nitrogens with two attached hydrogens (primary N) is 1. The van der Waals surface area contributed by atoms with Gasteiger partial charge in [-0.15, -0.1) is 0 Å². The zero-order valence-electron chi connectivity index (χ0n) is 9.77. The van der Waals surface area contributed by atoms with Crippen LogP contribution in [0.1, 0.15) is 25.3 Å². The van der Waals surface area contributed by atoms with E-state index in [0.717, 1.165) is 16.3 Å². The van der Waals surface area contributed by atoms with E-state index in [-0.39, 0.29) is 0 Å². The van der Waals surface area contributed by atoms with Crippen LogP contribution in [-0.4, -0.2) is 10.1 Å². The molecule has 17 heavy (non-hydrogen) atoms. The van der Waals surface area contributed by atoms with Crippen molar-refractivity contribution in [1.82, 2.24) is 10.1 Å². The van der Waals surface area contributed by atoms with Crippen LogP contribution in [-0.2, 0) is 0 Å². The normalized spacial score (nSPS) is 11.7. The van der Waals surface area contributed by atoms with Crippen LogP contribution in [0.25, 0.3) is 22.0 Å². The van der Waals surface area contributed by atoms with Gasteiger partial charge in [-0.2, -0.15) is 0 Å². The fourth-order valence-electron chi connectivity index (χ4n) is 1.93. The van der Waals surface area contributed by atoms with E-state index in [1.165, 1.54) is 5.56 Å². The Hall–Kier alpha value is -2.10. The molecule has 0 aliphatic carbocycles. The number of anilines is 1. The number of pyridine rings is 1. The molecule has 2 aromatic heterocycles. The van der Waals surface area contributed by atoms with Crippen LogP contribution in [0.2, 0.25) is 0 Å². The van der Waals surface area contributed by atoms with Gasteiger partial charge in [0.15, 0.2) is 5.82 Å². The van der Waals surface area contributed by atoms with Gasteiger partial charge < -0.3 is 10.3 Å². The van der Waals surface area contributed by atoms with Crippen molar-refractivity contribution >= 4 is 27.8 Å². The van der Waals surface area contributed by atoms with Crippen molar-refractivity contribution in [3.05, 3.63) is 29.8 Å². The molecule has 0 aliphatic rings. The highest BCUT2D eigenvalue weighted by molar-refractivity contribution is 5.95. The predicted octanol–water partition coefficient (Wildman–Crippen LogP) is 3.08. The van der Waals surface area contributed by atoms with Crippen LogP contribution >= 0.6 is 0 Å². The summed E-state index contributed by atoms with van der Waals surface area (Å²) in [6.07, 6.45) is 0. The lowest BCUT2D eigenvalue weighted by atomic mass is 10.0. The molecule has 0 atom stereocenters. The van der Waals surface area contributed by atoms with Gasteiger partial charge in [-0.3, -0.25) is 0 Å². The Kier molecular flexibility index (Phi) is 2.04. The zero-order chi connectivity index (χ0) is 12.0. The first-order valence-corrected chi connectivity index (χ1v) is 5.60. The Labute approximate surface area is 98.4 Å². The summed E-state index contributed by atoms with van der Waals surface area (Å²) in [5, 5.41) is 5.56. The van der Waals surface area contributed by atoms with Crippen LogP contribution in [0.4, 0.5) is 5.82 Å². The molecule has 0 amide bonds. The van der Waals surface area contributed by atoms with Crippen molar-refractivity contribution < 1.29 is 4.52 Å². The van der Waals surface area contributed by atoms with E-state index in [1.54, 1.807) is 0 Å². The SMILES string of the molecule is CC(C)c1ccc2nc3onc(N)c3cc2c1. The molecule has 0 fully saturated rings. The fourth-order valence-corrected chi connectivity index (χ4v) is 1.93. The molecular weight excluding hydrogens is 214 g/mol. The molecule has 0 bridgehead atoms. The number of benzene rings is 1. The molecule has 4 heteroatoms. The molecule has 2 heterocycles. The second-order valence-corrected chi connectivity index (χ2v) is 4.52. The maximum atomic E-state index is 5.72. The van der Waals surface area contributed by atoms with Crippen molar-refractivity contribution in [3.8, 4) is 0 Å². The lowest BCUT2D eigenvalue weighted by Crippen LogP contribution is -1.89. The molecule has 0 radical (unpaired) electrons. The van der Waals surface area contributed by atoms with E-state index < -0.39 is 0 Å². The Morgan fingerprint density at radius 3 is 2.82 bits per heavy atom. The third-order valence-corrected chi connectivity index (χ3v) is 2.98. The Morgan fingerprint density at radius 2 is 2.06 bits per heavy atom. The number of rotatable bonds is 1. The second-order valence-electron chi connectivity index (χ2n) is 4.52. The van der Waals surface area contributed by atoms with Gasteiger partial charge in [-0.05, 0) is 29.7 Å². The third-order valence-electron chi connectivity index (χ3n) is 2.98. The molecule has 86 valence electrons. The smallest absolute Gasteiger partial charge is 0.260 e. The molecule has 4 nitrogen and oxygen atoms in total. The number of aromatic nitrogens is 2. The van der Waals surface area contributed by atoms with E-state index in [9.17, 15) is 0 Å². The highest BCUT2D eigenvalue weighted by atomic mass is 16.5. The molecule has 0 aliphatic heterocycles. The molecule has 2 N–H and O–H groups in total. The lowest BCUT2D eigenvalue weighted by Gasteiger charge is -2.06. The maximum absolute atomic E-state index is 5.72. The van der Waals surface area contributed by atoms with E-state index in [2.05, 4.69) is 36.1 Å². The Balaban J connectivity index is 2.34. The number of nitrogens with zero attached hydrogens (tertiary/aromatic N) is 2. The Morgan fingerprint density at radius 1 is 1.24 bits per heavy atom. The summed E-state index contributed by atoms with van der Waals surface area (Å²) in [5.74, 6) is 0.888. The minimum atomic E-state index is 0.393. The van der Waals surface area contributed by atoms with Crippen LogP contribution in [0, 0.1) is 0 Å². The number of hydrogen-bond donors (Lipinski definition) is 1. The van der Waals surface area contributed by atoms with Crippen molar-refractivity contribution in [1.29, 1.82) is 0 Å².